The predicted octanol–water partition coefficient (Wildman–Crippen LogP) is 2.05. The monoisotopic (exact) mass is 220 g/mol. The molecule has 86 valence electrons. The molecule has 0 radical (unpaired) electrons. The van der Waals surface area contributed by atoms with Gasteiger partial charge < -0.3 is 4.74 Å². The number of nitrogens with zero attached hydrogens (tertiary/aromatic N) is 2. The van der Waals surface area contributed by atoms with Crippen LogP contribution >= 0.6 is 0 Å². The van der Waals surface area contributed by atoms with Crippen LogP contribution in [-0.2, 0) is 9.53 Å². The first-order valence-electron chi connectivity index (χ1n) is 5.42. The molecule has 0 fully saturated rings. The summed E-state index contributed by atoms with van der Waals surface area (Å²) in [6.45, 7) is 5.18. The van der Waals surface area contributed by atoms with Crippen molar-refractivity contribution in [1.82, 2.24) is 5.01 Å². The molecule has 1 amide bonds. The fourth-order valence-electron chi connectivity index (χ4n) is 2.20. The molecule has 0 bridgehead atoms. The summed E-state index contributed by atoms with van der Waals surface area (Å²) in [4.78, 5) is 11.5. The third kappa shape index (κ3) is 1.64. The highest BCUT2D eigenvalue weighted by Crippen LogP contribution is 2.36. The van der Waals surface area contributed by atoms with Crippen LogP contribution in [-0.4, -0.2) is 22.5 Å². The fourth-order valence-corrected chi connectivity index (χ4v) is 2.20. The van der Waals surface area contributed by atoms with Crippen LogP contribution in [0.3, 0.4) is 0 Å². The lowest BCUT2D eigenvalue weighted by Crippen LogP contribution is -2.49. The van der Waals surface area contributed by atoms with E-state index >= 15 is 0 Å². The van der Waals surface area contributed by atoms with Crippen molar-refractivity contribution in [1.29, 1.82) is 0 Å². The summed E-state index contributed by atoms with van der Waals surface area (Å²) in [5.41, 5.74) is -0.683. The molecular formula is C12H16N2O2. The molecule has 0 aromatic carbocycles. The molecule has 16 heavy (non-hydrogen) atoms. The average molecular weight is 220 g/mol. The summed E-state index contributed by atoms with van der Waals surface area (Å²) in [6, 6.07) is 0. The molecule has 0 N–H and O–H groups in total. The number of hydrogen-bond acceptors (Lipinski definition) is 3. The highest BCUT2D eigenvalue weighted by Gasteiger charge is 2.46. The first-order valence-corrected chi connectivity index (χ1v) is 5.42. The van der Waals surface area contributed by atoms with E-state index in [9.17, 15) is 4.79 Å². The molecule has 1 heterocycles. The minimum absolute atomic E-state index is 0.0951. The van der Waals surface area contributed by atoms with E-state index in [-0.39, 0.29) is 11.8 Å². The molecule has 2 unspecified atom stereocenters. The average Bonchev–Trinajstić information content (AvgIpc) is 2.57. The van der Waals surface area contributed by atoms with Crippen LogP contribution in [0.2, 0.25) is 0 Å². The van der Waals surface area contributed by atoms with Gasteiger partial charge in [-0.2, -0.15) is 5.01 Å². The molecule has 2 aliphatic rings. The summed E-state index contributed by atoms with van der Waals surface area (Å²) in [6.07, 6.45) is 8.98. The van der Waals surface area contributed by atoms with E-state index in [2.05, 4.69) is 17.3 Å². The van der Waals surface area contributed by atoms with Gasteiger partial charge in [-0.15, -0.1) is 5.10 Å². The summed E-state index contributed by atoms with van der Waals surface area (Å²) in [5.74, 6) is 0.588. The lowest BCUT2D eigenvalue weighted by molar-refractivity contribution is -0.150. The standard InChI is InChI=1S/C12H16N2O2/c1-9-13-14(10(2)15)12(3,16-9)11-7-5-4-6-8-11/h4-7,11H,8H2,1-3H3. The van der Waals surface area contributed by atoms with E-state index in [1.54, 1.807) is 6.92 Å². The maximum atomic E-state index is 11.5. The van der Waals surface area contributed by atoms with Crippen LogP contribution in [0.15, 0.2) is 29.4 Å². The van der Waals surface area contributed by atoms with Crippen molar-refractivity contribution in [2.24, 2.45) is 11.0 Å². The molecule has 0 aromatic heterocycles. The molecule has 2 atom stereocenters. The minimum atomic E-state index is -0.683. The molecule has 0 spiro atoms. The normalized spacial score (nSPS) is 32.6. The molecule has 4 heteroatoms. The summed E-state index contributed by atoms with van der Waals surface area (Å²) >= 11 is 0. The summed E-state index contributed by atoms with van der Waals surface area (Å²) in [5, 5.41) is 5.58. The molecular weight excluding hydrogens is 204 g/mol. The van der Waals surface area contributed by atoms with Crippen molar-refractivity contribution in [2.45, 2.75) is 32.9 Å². The number of hydrogen-bond donors (Lipinski definition) is 0. The van der Waals surface area contributed by atoms with Crippen LogP contribution in [0.4, 0.5) is 0 Å². The van der Waals surface area contributed by atoms with E-state index in [1.807, 2.05) is 19.1 Å². The Kier molecular flexibility index (Phi) is 2.58. The Hall–Kier alpha value is -1.58. The Balaban J connectivity index is 2.27. The first-order chi connectivity index (χ1) is 7.54. The van der Waals surface area contributed by atoms with Gasteiger partial charge in [-0.1, -0.05) is 24.3 Å². The zero-order chi connectivity index (χ0) is 11.8. The third-order valence-corrected chi connectivity index (χ3v) is 2.98. The number of carbonyl (C=O) groups excluding carboxylic acids is 1. The molecule has 1 aliphatic heterocycles. The van der Waals surface area contributed by atoms with Gasteiger partial charge in [0.05, 0.1) is 0 Å². The molecule has 4 nitrogen and oxygen atoms in total. The first kappa shape index (κ1) is 10.9. The second-order valence-corrected chi connectivity index (χ2v) is 4.26. The van der Waals surface area contributed by atoms with E-state index in [0.29, 0.717) is 5.90 Å². The Morgan fingerprint density at radius 1 is 1.62 bits per heavy atom. The molecule has 0 aromatic rings. The smallest absolute Gasteiger partial charge is 0.243 e. The SMILES string of the molecule is CC(=O)N1N=C(C)OC1(C)C1C=CC=CC1. The van der Waals surface area contributed by atoms with Crippen LogP contribution in [0.25, 0.3) is 0 Å². The zero-order valence-electron chi connectivity index (χ0n) is 9.80. The van der Waals surface area contributed by atoms with Gasteiger partial charge in [-0.3, -0.25) is 4.79 Å². The van der Waals surface area contributed by atoms with Gasteiger partial charge in [-0.05, 0) is 13.3 Å². The highest BCUT2D eigenvalue weighted by atomic mass is 16.6. The highest BCUT2D eigenvalue weighted by molar-refractivity contribution is 5.81. The number of carbonyl (C=O) groups is 1. The van der Waals surface area contributed by atoms with E-state index in [1.165, 1.54) is 11.9 Å². The maximum absolute atomic E-state index is 11.5. The van der Waals surface area contributed by atoms with Gasteiger partial charge in [0.15, 0.2) is 0 Å². The second-order valence-electron chi connectivity index (χ2n) is 4.26. The van der Waals surface area contributed by atoms with Crippen molar-refractivity contribution >= 4 is 11.8 Å². The van der Waals surface area contributed by atoms with Crippen molar-refractivity contribution in [3.63, 3.8) is 0 Å². The maximum Gasteiger partial charge on any atom is 0.243 e. The van der Waals surface area contributed by atoms with Crippen molar-refractivity contribution in [2.75, 3.05) is 0 Å². The summed E-state index contributed by atoms with van der Waals surface area (Å²) in [7, 11) is 0. The fraction of sp³-hybridized carbons (Fsp3) is 0.500. The number of rotatable bonds is 1. The Morgan fingerprint density at radius 2 is 2.38 bits per heavy atom. The van der Waals surface area contributed by atoms with Gasteiger partial charge >= 0.3 is 0 Å². The summed E-state index contributed by atoms with van der Waals surface area (Å²) < 4.78 is 5.73. The number of ether oxygens (including phenoxy) is 1. The lowest BCUT2D eigenvalue weighted by Gasteiger charge is -2.36. The molecule has 2 rings (SSSR count). The van der Waals surface area contributed by atoms with E-state index < -0.39 is 5.72 Å². The third-order valence-electron chi connectivity index (χ3n) is 2.98. The lowest BCUT2D eigenvalue weighted by atomic mass is 9.90. The van der Waals surface area contributed by atoms with Crippen molar-refractivity contribution < 1.29 is 9.53 Å². The van der Waals surface area contributed by atoms with Crippen LogP contribution < -0.4 is 0 Å². The van der Waals surface area contributed by atoms with E-state index in [4.69, 9.17) is 4.74 Å². The quantitative estimate of drug-likeness (QED) is 0.678. The zero-order valence-corrected chi connectivity index (χ0v) is 9.80. The number of amides is 1. The second kappa shape index (κ2) is 3.77. The Labute approximate surface area is 95.3 Å². The van der Waals surface area contributed by atoms with Gasteiger partial charge in [-0.25, -0.2) is 0 Å². The van der Waals surface area contributed by atoms with E-state index in [0.717, 1.165) is 6.42 Å². The van der Waals surface area contributed by atoms with Crippen LogP contribution in [0, 0.1) is 5.92 Å². The van der Waals surface area contributed by atoms with Gasteiger partial charge in [0.1, 0.15) is 0 Å². The van der Waals surface area contributed by atoms with Gasteiger partial charge in [0, 0.05) is 19.8 Å². The van der Waals surface area contributed by atoms with Crippen molar-refractivity contribution in [3.8, 4) is 0 Å². The molecule has 1 aliphatic carbocycles. The molecule has 0 saturated carbocycles. The number of allylic oxidation sites excluding steroid dienone is 3. The topological polar surface area (TPSA) is 41.9 Å². The molecule has 0 saturated heterocycles. The Bertz CT molecular complexity index is 398. The largest absolute Gasteiger partial charge is 0.451 e. The Morgan fingerprint density at radius 3 is 2.94 bits per heavy atom. The van der Waals surface area contributed by atoms with Gasteiger partial charge in [0.25, 0.3) is 0 Å². The van der Waals surface area contributed by atoms with Crippen LogP contribution in [0.1, 0.15) is 27.2 Å². The number of hydrazone groups is 1. The van der Waals surface area contributed by atoms with Crippen molar-refractivity contribution in [3.05, 3.63) is 24.3 Å². The minimum Gasteiger partial charge on any atom is -0.451 e. The predicted molar refractivity (Wildman–Crippen MR) is 61.5 cm³/mol. The van der Waals surface area contributed by atoms with Crippen LogP contribution in [0.5, 0.6) is 0 Å². The van der Waals surface area contributed by atoms with Gasteiger partial charge in [0.2, 0.25) is 17.5 Å².